The summed E-state index contributed by atoms with van der Waals surface area (Å²) in [7, 11) is 0. The van der Waals surface area contributed by atoms with Gasteiger partial charge in [0, 0.05) is 11.9 Å². The zero-order chi connectivity index (χ0) is 10.4. The molecular weight excluding hydrogens is 170 g/mol. The Morgan fingerprint density at radius 3 is 2.57 bits per heavy atom. The van der Waals surface area contributed by atoms with Crippen molar-refractivity contribution >= 4 is 0 Å². The molecule has 1 rings (SSSR count). The Kier molecular flexibility index (Phi) is 4.11. The third kappa shape index (κ3) is 2.56. The molecule has 0 fully saturated rings. The Bertz CT molecular complexity index is 326. The normalized spacial score (nSPS) is 9.79. The van der Waals surface area contributed by atoms with Gasteiger partial charge in [0.05, 0.1) is 0 Å². The summed E-state index contributed by atoms with van der Waals surface area (Å²) in [5.74, 6) is 0. The minimum atomic E-state index is 0.890. The van der Waals surface area contributed by atoms with Crippen LogP contribution in [-0.2, 0) is 19.3 Å². The molecule has 0 spiro atoms. The third-order valence-corrected chi connectivity index (χ3v) is 2.20. The first-order valence-corrected chi connectivity index (χ1v) is 5.00. The second kappa shape index (κ2) is 5.38. The van der Waals surface area contributed by atoms with E-state index in [1.807, 2.05) is 18.3 Å². The maximum absolute atomic E-state index is 4.44. The molecular formula is C13H17N. The number of aromatic nitrogens is 1. The molecule has 74 valence electrons. The molecule has 0 aromatic carbocycles. The molecule has 0 N–H and O–H groups in total. The van der Waals surface area contributed by atoms with Crippen LogP contribution in [0, 0.1) is 0 Å². The highest BCUT2D eigenvalue weighted by atomic mass is 14.7. The van der Waals surface area contributed by atoms with Gasteiger partial charge in [0.25, 0.3) is 0 Å². The van der Waals surface area contributed by atoms with Crippen LogP contribution in [0.2, 0.25) is 0 Å². The molecule has 0 radical (unpaired) electrons. The molecule has 0 unspecified atom stereocenters. The van der Waals surface area contributed by atoms with Gasteiger partial charge >= 0.3 is 0 Å². The van der Waals surface area contributed by atoms with Crippen LogP contribution in [0.15, 0.2) is 37.6 Å². The lowest BCUT2D eigenvalue weighted by molar-refractivity contribution is 0.972. The predicted octanol–water partition coefficient (Wildman–Crippen LogP) is 3.10. The van der Waals surface area contributed by atoms with Gasteiger partial charge in [0.15, 0.2) is 0 Å². The first kappa shape index (κ1) is 10.7. The molecule has 1 nitrogen and oxygen atoms in total. The highest BCUT2D eigenvalue weighted by Gasteiger charge is 2.01. The summed E-state index contributed by atoms with van der Waals surface area (Å²) in [6.45, 7) is 9.61. The molecule has 1 aromatic rings. The first-order chi connectivity index (χ1) is 6.81. The number of allylic oxidation sites excluding steroid dienone is 2. The maximum Gasteiger partial charge on any atom is 0.0436 e. The van der Waals surface area contributed by atoms with Crippen molar-refractivity contribution in [3.05, 3.63) is 54.4 Å². The lowest BCUT2D eigenvalue weighted by Gasteiger charge is -2.06. The second-order valence-electron chi connectivity index (χ2n) is 3.29. The predicted molar refractivity (Wildman–Crippen MR) is 61.4 cm³/mol. The lowest BCUT2D eigenvalue weighted by atomic mass is 10.0. The minimum Gasteiger partial charge on any atom is -0.261 e. The quantitative estimate of drug-likeness (QED) is 0.645. The van der Waals surface area contributed by atoms with E-state index in [1.165, 1.54) is 16.8 Å². The molecule has 0 aliphatic heterocycles. The molecule has 0 aliphatic rings. The number of hydrogen-bond donors (Lipinski definition) is 0. The standard InChI is InChI=1S/C13H17N/c1-4-7-11-9-12(8-5-2)13(6-3)14-10-11/h4-5,9-10H,1-2,6-8H2,3H3. The average molecular weight is 187 g/mol. The van der Waals surface area contributed by atoms with E-state index in [-0.39, 0.29) is 0 Å². The van der Waals surface area contributed by atoms with Gasteiger partial charge in [-0.25, -0.2) is 0 Å². The monoisotopic (exact) mass is 187 g/mol. The van der Waals surface area contributed by atoms with Gasteiger partial charge in [-0.1, -0.05) is 25.1 Å². The van der Waals surface area contributed by atoms with Crippen LogP contribution in [0.1, 0.15) is 23.7 Å². The molecule has 1 heteroatoms. The van der Waals surface area contributed by atoms with E-state index >= 15 is 0 Å². The van der Waals surface area contributed by atoms with Crippen molar-refractivity contribution < 1.29 is 0 Å². The molecule has 1 aromatic heterocycles. The Morgan fingerprint density at radius 2 is 2.00 bits per heavy atom. The lowest BCUT2D eigenvalue weighted by Crippen LogP contribution is -1.97. The van der Waals surface area contributed by atoms with Gasteiger partial charge in [0.1, 0.15) is 0 Å². The van der Waals surface area contributed by atoms with Crippen molar-refractivity contribution in [3.63, 3.8) is 0 Å². The van der Waals surface area contributed by atoms with Crippen LogP contribution in [0.4, 0.5) is 0 Å². The zero-order valence-electron chi connectivity index (χ0n) is 8.79. The SMILES string of the molecule is C=CCc1cnc(CC)c(CC=C)c1. The Labute approximate surface area is 86.2 Å². The van der Waals surface area contributed by atoms with Crippen LogP contribution in [0.25, 0.3) is 0 Å². The van der Waals surface area contributed by atoms with Crippen LogP contribution in [0.3, 0.4) is 0 Å². The molecule has 1 heterocycles. The highest BCUT2D eigenvalue weighted by molar-refractivity contribution is 5.28. The number of rotatable bonds is 5. The molecule has 0 amide bonds. The summed E-state index contributed by atoms with van der Waals surface area (Å²) in [4.78, 5) is 4.44. The fraction of sp³-hybridized carbons (Fsp3) is 0.308. The van der Waals surface area contributed by atoms with Gasteiger partial charge < -0.3 is 0 Å². The molecule has 0 aliphatic carbocycles. The summed E-state index contributed by atoms with van der Waals surface area (Å²) < 4.78 is 0. The fourth-order valence-electron chi connectivity index (χ4n) is 1.52. The van der Waals surface area contributed by atoms with E-state index < -0.39 is 0 Å². The Hall–Kier alpha value is -1.37. The Balaban J connectivity index is 2.99. The fourth-order valence-corrected chi connectivity index (χ4v) is 1.52. The average Bonchev–Trinajstić information content (AvgIpc) is 2.19. The van der Waals surface area contributed by atoms with Gasteiger partial charge in [-0.3, -0.25) is 4.98 Å². The third-order valence-electron chi connectivity index (χ3n) is 2.20. The maximum atomic E-state index is 4.44. The molecule has 14 heavy (non-hydrogen) atoms. The molecule has 0 bridgehead atoms. The van der Waals surface area contributed by atoms with Gasteiger partial charge in [-0.2, -0.15) is 0 Å². The van der Waals surface area contributed by atoms with Crippen LogP contribution >= 0.6 is 0 Å². The molecule has 0 saturated heterocycles. The topological polar surface area (TPSA) is 12.9 Å². The van der Waals surface area contributed by atoms with Gasteiger partial charge in [-0.05, 0) is 30.4 Å². The van der Waals surface area contributed by atoms with E-state index in [2.05, 4.69) is 31.1 Å². The van der Waals surface area contributed by atoms with Crippen molar-refractivity contribution in [2.24, 2.45) is 0 Å². The molecule has 0 saturated carbocycles. The number of hydrogen-bond acceptors (Lipinski definition) is 1. The van der Waals surface area contributed by atoms with E-state index in [0.29, 0.717) is 0 Å². The molecule has 0 atom stereocenters. The van der Waals surface area contributed by atoms with E-state index in [1.54, 1.807) is 0 Å². The van der Waals surface area contributed by atoms with E-state index in [9.17, 15) is 0 Å². The minimum absolute atomic E-state index is 0.890. The van der Waals surface area contributed by atoms with Gasteiger partial charge in [-0.15, -0.1) is 13.2 Å². The van der Waals surface area contributed by atoms with Crippen LogP contribution < -0.4 is 0 Å². The number of pyridine rings is 1. The summed E-state index contributed by atoms with van der Waals surface area (Å²) in [6.07, 6.45) is 8.54. The Morgan fingerprint density at radius 1 is 1.29 bits per heavy atom. The summed E-state index contributed by atoms with van der Waals surface area (Å²) in [5.41, 5.74) is 3.70. The van der Waals surface area contributed by atoms with Crippen molar-refractivity contribution in [2.45, 2.75) is 26.2 Å². The van der Waals surface area contributed by atoms with Gasteiger partial charge in [0.2, 0.25) is 0 Å². The second-order valence-corrected chi connectivity index (χ2v) is 3.29. The van der Waals surface area contributed by atoms with E-state index in [4.69, 9.17) is 0 Å². The first-order valence-electron chi connectivity index (χ1n) is 5.00. The van der Waals surface area contributed by atoms with E-state index in [0.717, 1.165) is 19.3 Å². The van der Waals surface area contributed by atoms with Crippen molar-refractivity contribution in [3.8, 4) is 0 Å². The zero-order valence-corrected chi connectivity index (χ0v) is 8.79. The van der Waals surface area contributed by atoms with Crippen LogP contribution in [-0.4, -0.2) is 4.98 Å². The number of aryl methyl sites for hydroxylation is 1. The smallest absolute Gasteiger partial charge is 0.0436 e. The number of nitrogens with zero attached hydrogens (tertiary/aromatic N) is 1. The largest absolute Gasteiger partial charge is 0.261 e. The van der Waals surface area contributed by atoms with Crippen LogP contribution in [0.5, 0.6) is 0 Å². The summed E-state index contributed by atoms with van der Waals surface area (Å²) in [5, 5.41) is 0. The van der Waals surface area contributed by atoms with Crippen molar-refractivity contribution in [2.75, 3.05) is 0 Å². The van der Waals surface area contributed by atoms with Crippen molar-refractivity contribution in [1.82, 2.24) is 4.98 Å². The summed E-state index contributed by atoms with van der Waals surface area (Å²) >= 11 is 0. The highest BCUT2D eigenvalue weighted by Crippen LogP contribution is 2.11. The van der Waals surface area contributed by atoms with Crippen molar-refractivity contribution in [1.29, 1.82) is 0 Å². The summed E-state index contributed by atoms with van der Waals surface area (Å²) in [6, 6.07) is 2.20.